The van der Waals surface area contributed by atoms with E-state index in [9.17, 15) is 0 Å². The topological polar surface area (TPSA) is 26.0 Å². The Kier molecular flexibility index (Phi) is 3.63. The van der Waals surface area contributed by atoms with Crippen molar-refractivity contribution in [3.05, 3.63) is 10.6 Å². The first-order chi connectivity index (χ1) is 2.81. The molecule has 0 aromatic rings. The van der Waals surface area contributed by atoms with Gasteiger partial charge in [0, 0.05) is 17.1 Å². The van der Waals surface area contributed by atoms with E-state index >= 15 is 0 Å². The van der Waals surface area contributed by atoms with E-state index in [-0.39, 0.29) is 0 Å². The molecular formula is C3H5Cl2N. The Labute approximate surface area is 46.7 Å². The molecule has 2 N–H and O–H groups in total. The highest BCUT2D eigenvalue weighted by Crippen LogP contribution is 1.97. The molecular weight excluding hydrogens is 121 g/mol. The molecule has 0 unspecified atom stereocenters. The van der Waals surface area contributed by atoms with Gasteiger partial charge < -0.3 is 5.73 Å². The fourth-order valence-corrected chi connectivity index (χ4v) is 0.134. The summed E-state index contributed by atoms with van der Waals surface area (Å²) in [6.07, 6.45) is 0. The zero-order valence-corrected chi connectivity index (χ0v) is 4.63. The first kappa shape index (κ1) is 6.28. The van der Waals surface area contributed by atoms with Gasteiger partial charge in [0.2, 0.25) is 0 Å². The highest BCUT2D eigenvalue weighted by Gasteiger charge is 1.78. The zero-order valence-electron chi connectivity index (χ0n) is 3.12. The van der Waals surface area contributed by atoms with Crippen LogP contribution in [0.4, 0.5) is 0 Å². The molecule has 0 spiro atoms. The fourth-order valence-electron chi connectivity index (χ4n) is 0.0445. The van der Waals surface area contributed by atoms with Gasteiger partial charge in [-0.3, -0.25) is 0 Å². The summed E-state index contributed by atoms with van der Waals surface area (Å²) < 4.78 is 0. The lowest BCUT2D eigenvalue weighted by atomic mass is 10.7. The highest BCUT2D eigenvalue weighted by molar-refractivity contribution is 6.36. The molecule has 6 heavy (non-hydrogen) atoms. The van der Waals surface area contributed by atoms with Crippen LogP contribution in [0.5, 0.6) is 0 Å². The predicted octanol–water partition coefficient (Wildman–Crippen LogP) is 1.26. The van der Waals surface area contributed by atoms with Crippen LogP contribution in [0.3, 0.4) is 0 Å². The Morgan fingerprint density at radius 1 is 1.83 bits per heavy atom. The lowest BCUT2D eigenvalue weighted by Gasteiger charge is -1.80. The number of rotatable bonds is 1. The summed E-state index contributed by atoms with van der Waals surface area (Å²) in [7, 11) is 0. The van der Waals surface area contributed by atoms with Gasteiger partial charge in [-0.2, -0.15) is 0 Å². The van der Waals surface area contributed by atoms with Crippen LogP contribution in [0, 0.1) is 0 Å². The molecule has 3 heteroatoms. The van der Waals surface area contributed by atoms with Gasteiger partial charge in [-0.05, 0) is 0 Å². The van der Waals surface area contributed by atoms with Crippen LogP contribution in [0.25, 0.3) is 0 Å². The fraction of sp³-hybridized carbons (Fsp3) is 0.333. The lowest BCUT2D eigenvalue weighted by Crippen LogP contribution is -1.96. The molecule has 0 saturated carbocycles. The minimum Gasteiger partial charge on any atom is -0.326 e. The minimum absolute atomic E-state index is 0.324. The second-order valence-corrected chi connectivity index (χ2v) is 1.46. The predicted molar refractivity (Wildman–Crippen MR) is 28.8 cm³/mol. The molecule has 0 fully saturated rings. The first-order valence-electron chi connectivity index (χ1n) is 1.46. The summed E-state index contributed by atoms with van der Waals surface area (Å²) in [6, 6.07) is 0. The largest absolute Gasteiger partial charge is 0.326 e. The Morgan fingerprint density at radius 2 is 2.33 bits per heavy atom. The molecule has 0 aromatic carbocycles. The van der Waals surface area contributed by atoms with E-state index in [1.807, 2.05) is 0 Å². The van der Waals surface area contributed by atoms with E-state index in [0.29, 0.717) is 11.6 Å². The van der Waals surface area contributed by atoms with Gasteiger partial charge in [-0.15, -0.1) is 0 Å². The van der Waals surface area contributed by atoms with E-state index in [0.717, 1.165) is 0 Å². The SMILES string of the molecule is NCC(Cl)=CCl. The molecule has 0 bridgehead atoms. The Hall–Kier alpha value is 0.280. The molecule has 0 aliphatic heterocycles. The third-order valence-corrected chi connectivity index (χ3v) is 0.952. The van der Waals surface area contributed by atoms with E-state index in [1.165, 1.54) is 5.54 Å². The molecule has 0 rings (SSSR count). The average molecular weight is 126 g/mol. The molecule has 0 aliphatic carbocycles. The monoisotopic (exact) mass is 125 g/mol. The van der Waals surface area contributed by atoms with Crippen LogP contribution in [-0.4, -0.2) is 6.54 Å². The molecule has 0 atom stereocenters. The number of nitrogens with two attached hydrogens (primary N) is 1. The average Bonchev–Trinajstić information content (AvgIpc) is 1.65. The lowest BCUT2D eigenvalue weighted by molar-refractivity contribution is 1.23. The van der Waals surface area contributed by atoms with Crippen molar-refractivity contribution < 1.29 is 0 Å². The molecule has 1 nitrogen and oxygen atoms in total. The number of hydrogen-bond donors (Lipinski definition) is 1. The van der Waals surface area contributed by atoms with E-state index in [2.05, 4.69) is 0 Å². The van der Waals surface area contributed by atoms with Gasteiger partial charge in [0.05, 0.1) is 0 Å². The van der Waals surface area contributed by atoms with E-state index in [1.54, 1.807) is 0 Å². The normalized spacial score (nSPS) is 12.2. The molecule has 0 aliphatic rings. The second kappa shape index (κ2) is 3.47. The van der Waals surface area contributed by atoms with Gasteiger partial charge in [0.1, 0.15) is 0 Å². The van der Waals surface area contributed by atoms with Crippen molar-refractivity contribution in [2.75, 3.05) is 6.54 Å². The van der Waals surface area contributed by atoms with Gasteiger partial charge in [-0.25, -0.2) is 0 Å². The molecule has 0 amide bonds. The van der Waals surface area contributed by atoms with Crippen LogP contribution in [0.1, 0.15) is 0 Å². The summed E-state index contributed by atoms with van der Waals surface area (Å²) in [6.45, 7) is 0.324. The van der Waals surface area contributed by atoms with Crippen LogP contribution in [-0.2, 0) is 0 Å². The summed E-state index contributed by atoms with van der Waals surface area (Å²) in [5.41, 5.74) is 6.25. The third kappa shape index (κ3) is 2.51. The Bertz CT molecular complexity index is 59.8. The van der Waals surface area contributed by atoms with Gasteiger partial charge in [0.25, 0.3) is 0 Å². The number of halogens is 2. The summed E-state index contributed by atoms with van der Waals surface area (Å²) >= 11 is 10.3. The standard InChI is InChI=1S/C3H5Cl2N/c4-1-3(5)2-6/h1H,2,6H2. The summed E-state index contributed by atoms with van der Waals surface area (Å²) in [5, 5.41) is 0.483. The maximum absolute atomic E-state index is 5.25. The van der Waals surface area contributed by atoms with Crippen molar-refractivity contribution >= 4 is 23.2 Å². The van der Waals surface area contributed by atoms with Crippen molar-refractivity contribution in [1.29, 1.82) is 0 Å². The molecule has 0 heterocycles. The highest BCUT2D eigenvalue weighted by atomic mass is 35.5. The van der Waals surface area contributed by atoms with E-state index in [4.69, 9.17) is 28.9 Å². The van der Waals surface area contributed by atoms with Crippen molar-refractivity contribution in [2.24, 2.45) is 5.73 Å². The van der Waals surface area contributed by atoms with Crippen molar-refractivity contribution in [3.63, 3.8) is 0 Å². The van der Waals surface area contributed by atoms with Crippen LogP contribution >= 0.6 is 23.2 Å². The summed E-state index contributed by atoms with van der Waals surface area (Å²) in [4.78, 5) is 0. The number of hydrogen-bond acceptors (Lipinski definition) is 1. The smallest absolute Gasteiger partial charge is 0.0429 e. The van der Waals surface area contributed by atoms with Crippen molar-refractivity contribution in [2.45, 2.75) is 0 Å². The van der Waals surface area contributed by atoms with Gasteiger partial charge in [0.15, 0.2) is 0 Å². The summed E-state index contributed by atoms with van der Waals surface area (Å²) in [5.74, 6) is 0. The first-order valence-corrected chi connectivity index (χ1v) is 2.27. The van der Waals surface area contributed by atoms with E-state index < -0.39 is 0 Å². The molecule has 0 radical (unpaired) electrons. The van der Waals surface area contributed by atoms with Crippen molar-refractivity contribution in [1.82, 2.24) is 0 Å². The molecule has 36 valence electrons. The maximum atomic E-state index is 5.25. The van der Waals surface area contributed by atoms with Gasteiger partial charge >= 0.3 is 0 Å². The van der Waals surface area contributed by atoms with Crippen molar-refractivity contribution in [3.8, 4) is 0 Å². The quantitative estimate of drug-likeness (QED) is 0.562. The second-order valence-electron chi connectivity index (χ2n) is 0.760. The minimum atomic E-state index is 0.324. The maximum Gasteiger partial charge on any atom is 0.0429 e. The molecule has 0 aromatic heterocycles. The van der Waals surface area contributed by atoms with Crippen LogP contribution in [0.15, 0.2) is 10.6 Å². The van der Waals surface area contributed by atoms with Crippen LogP contribution in [0.2, 0.25) is 0 Å². The van der Waals surface area contributed by atoms with Gasteiger partial charge in [-0.1, -0.05) is 23.2 Å². The van der Waals surface area contributed by atoms with Crippen LogP contribution < -0.4 is 5.73 Å². The molecule has 0 saturated heterocycles. The zero-order chi connectivity index (χ0) is 4.99. The Morgan fingerprint density at radius 3 is 2.33 bits per heavy atom. The third-order valence-electron chi connectivity index (χ3n) is 0.313. The Balaban J connectivity index is 3.22.